The lowest BCUT2D eigenvalue weighted by Gasteiger charge is -2.16. The van der Waals surface area contributed by atoms with Crippen molar-refractivity contribution in [2.45, 2.75) is 19.4 Å². The predicted octanol–water partition coefficient (Wildman–Crippen LogP) is 4.61. The molecule has 2 aromatic carbocycles. The Hall–Kier alpha value is -2.66. The maximum atomic E-state index is 12.4. The van der Waals surface area contributed by atoms with Gasteiger partial charge in [0, 0.05) is 10.9 Å². The first-order chi connectivity index (χ1) is 11.8. The zero-order valence-corrected chi connectivity index (χ0v) is 14.1. The van der Waals surface area contributed by atoms with Crippen LogP contribution in [0.15, 0.2) is 66.0 Å². The Kier molecular flexibility index (Phi) is 5.23. The van der Waals surface area contributed by atoms with Crippen molar-refractivity contribution in [3.05, 3.63) is 66.0 Å². The highest BCUT2D eigenvalue weighted by Gasteiger charge is 2.19. The first-order valence-corrected chi connectivity index (χ1v) is 8.67. The average molecular weight is 338 g/mol. The number of thiazole rings is 1. The fourth-order valence-electron chi connectivity index (χ4n) is 2.24. The summed E-state index contributed by atoms with van der Waals surface area (Å²) in [6.07, 6.45) is 0.0361. The molecule has 5 heteroatoms. The molecule has 0 aliphatic heterocycles. The SMILES string of the molecule is CCC(Oc1ccccc1)C(=O)Nc1nc(-c2ccccc2)cs1. The third kappa shape index (κ3) is 4.00. The summed E-state index contributed by atoms with van der Waals surface area (Å²) in [6, 6.07) is 19.2. The second kappa shape index (κ2) is 7.75. The zero-order valence-electron chi connectivity index (χ0n) is 13.3. The molecule has 1 N–H and O–H groups in total. The minimum absolute atomic E-state index is 0.185. The van der Waals surface area contributed by atoms with Crippen LogP contribution in [0.1, 0.15) is 13.3 Å². The van der Waals surface area contributed by atoms with Crippen LogP contribution in [-0.4, -0.2) is 17.0 Å². The first-order valence-electron chi connectivity index (χ1n) is 7.80. The van der Waals surface area contributed by atoms with Crippen LogP contribution in [0.3, 0.4) is 0 Å². The first kappa shape index (κ1) is 16.2. The summed E-state index contributed by atoms with van der Waals surface area (Å²) in [4.78, 5) is 16.9. The minimum Gasteiger partial charge on any atom is -0.481 e. The fraction of sp³-hybridized carbons (Fsp3) is 0.158. The lowest BCUT2D eigenvalue weighted by atomic mass is 10.2. The van der Waals surface area contributed by atoms with E-state index in [1.807, 2.05) is 73.0 Å². The van der Waals surface area contributed by atoms with Crippen molar-refractivity contribution >= 4 is 22.4 Å². The maximum absolute atomic E-state index is 12.4. The second-order valence-corrected chi connectivity index (χ2v) is 6.08. The van der Waals surface area contributed by atoms with Gasteiger partial charge in [-0.1, -0.05) is 55.5 Å². The Balaban J connectivity index is 1.66. The van der Waals surface area contributed by atoms with Crippen LogP contribution in [0, 0.1) is 0 Å². The summed E-state index contributed by atoms with van der Waals surface area (Å²) in [5.74, 6) is 0.499. The fourth-order valence-corrected chi connectivity index (χ4v) is 2.97. The number of carbonyl (C=O) groups excluding carboxylic acids is 1. The molecule has 0 aliphatic carbocycles. The largest absolute Gasteiger partial charge is 0.481 e. The Morgan fingerprint density at radius 2 is 1.79 bits per heavy atom. The standard InChI is InChI=1S/C19H18N2O2S/c1-2-17(23-15-11-7-4-8-12-15)18(22)21-19-20-16(13-24-19)14-9-5-3-6-10-14/h3-13,17H,2H2,1H3,(H,20,21,22). The second-order valence-electron chi connectivity index (χ2n) is 5.22. The van der Waals surface area contributed by atoms with E-state index < -0.39 is 6.10 Å². The van der Waals surface area contributed by atoms with E-state index in [0.29, 0.717) is 17.3 Å². The number of amides is 1. The zero-order chi connectivity index (χ0) is 16.8. The Morgan fingerprint density at radius 1 is 1.12 bits per heavy atom. The van der Waals surface area contributed by atoms with Crippen LogP contribution < -0.4 is 10.1 Å². The minimum atomic E-state index is -0.545. The number of benzene rings is 2. The van der Waals surface area contributed by atoms with Gasteiger partial charge in [-0.3, -0.25) is 10.1 Å². The summed E-state index contributed by atoms with van der Waals surface area (Å²) >= 11 is 1.41. The quantitative estimate of drug-likeness (QED) is 0.714. The van der Waals surface area contributed by atoms with Crippen LogP contribution in [-0.2, 0) is 4.79 Å². The molecule has 0 fully saturated rings. The molecule has 0 radical (unpaired) electrons. The molecule has 0 saturated carbocycles. The molecule has 0 aliphatic rings. The Labute approximate surface area is 145 Å². The van der Waals surface area contributed by atoms with Gasteiger partial charge in [-0.05, 0) is 18.6 Å². The molecular formula is C19H18N2O2S. The van der Waals surface area contributed by atoms with Gasteiger partial charge in [-0.2, -0.15) is 0 Å². The van der Waals surface area contributed by atoms with Crippen molar-refractivity contribution in [1.29, 1.82) is 0 Å². The van der Waals surface area contributed by atoms with Gasteiger partial charge >= 0.3 is 0 Å². The molecule has 0 bridgehead atoms. The number of hydrogen-bond acceptors (Lipinski definition) is 4. The normalized spacial score (nSPS) is 11.7. The van der Waals surface area contributed by atoms with Crippen LogP contribution in [0.4, 0.5) is 5.13 Å². The summed E-state index contributed by atoms with van der Waals surface area (Å²) in [5, 5.41) is 5.36. The molecular weight excluding hydrogens is 320 g/mol. The van der Waals surface area contributed by atoms with Gasteiger partial charge in [-0.25, -0.2) is 4.98 Å². The Morgan fingerprint density at radius 3 is 2.46 bits per heavy atom. The summed E-state index contributed by atoms with van der Waals surface area (Å²) in [7, 11) is 0. The van der Waals surface area contributed by atoms with Crippen molar-refractivity contribution in [2.24, 2.45) is 0 Å². The molecule has 1 amide bonds. The van der Waals surface area contributed by atoms with Crippen LogP contribution in [0.2, 0.25) is 0 Å². The molecule has 1 aromatic heterocycles. The van der Waals surface area contributed by atoms with Crippen molar-refractivity contribution in [3.63, 3.8) is 0 Å². The number of nitrogens with zero attached hydrogens (tertiary/aromatic N) is 1. The number of rotatable bonds is 6. The molecule has 0 spiro atoms. The number of anilines is 1. The lowest BCUT2D eigenvalue weighted by molar-refractivity contribution is -0.122. The van der Waals surface area contributed by atoms with E-state index in [9.17, 15) is 4.79 Å². The molecule has 3 rings (SSSR count). The van der Waals surface area contributed by atoms with Gasteiger partial charge in [0.05, 0.1) is 5.69 Å². The van der Waals surface area contributed by atoms with Crippen LogP contribution in [0.25, 0.3) is 11.3 Å². The van der Waals surface area contributed by atoms with Crippen LogP contribution in [0.5, 0.6) is 5.75 Å². The highest BCUT2D eigenvalue weighted by molar-refractivity contribution is 7.14. The van der Waals surface area contributed by atoms with E-state index in [4.69, 9.17) is 4.74 Å². The molecule has 0 saturated heterocycles. The third-order valence-electron chi connectivity index (χ3n) is 3.49. The number of hydrogen-bond donors (Lipinski definition) is 1. The summed E-state index contributed by atoms with van der Waals surface area (Å²) < 4.78 is 5.75. The molecule has 24 heavy (non-hydrogen) atoms. The number of ether oxygens (including phenoxy) is 1. The van der Waals surface area contributed by atoms with Crippen molar-refractivity contribution in [2.75, 3.05) is 5.32 Å². The van der Waals surface area contributed by atoms with E-state index in [-0.39, 0.29) is 5.91 Å². The van der Waals surface area contributed by atoms with E-state index in [0.717, 1.165) is 11.3 Å². The van der Waals surface area contributed by atoms with E-state index in [1.54, 1.807) is 0 Å². The van der Waals surface area contributed by atoms with Crippen LogP contribution >= 0.6 is 11.3 Å². The van der Waals surface area contributed by atoms with Gasteiger partial charge < -0.3 is 4.74 Å². The van der Waals surface area contributed by atoms with Crippen molar-refractivity contribution in [3.8, 4) is 17.0 Å². The van der Waals surface area contributed by atoms with Gasteiger partial charge in [0.25, 0.3) is 5.91 Å². The highest BCUT2D eigenvalue weighted by Crippen LogP contribution is 2.25. The predicted molar refractivity (Wildman–Crippen MR) is 97.3 cm³/mol. The maximum Gasteiger partial charge on any atom is 0.267 e. The average Bonchev–Trinajstić information content (AvgIpc) is 3.09. The number of carbonyl (C=O) groups is 1. The van der Waals surface area contributed by atoms with Gasteiger partial charge in [-0.15, -0.1) is 11.3 Å². The van der Waals surface area contributed by atoms with Crippen molar-refractivity contribution in [1.82, 2.24) is 4.98 Å². The molecule has 4 nitrogen and oxygen atoms in total. The number of aromatic nitrogens is 1. The van der Waals surface area contributed by atoms with E-state index >= 15 is 0 Å². The van der Waals surface area contributed by atoms with E-state index in [1.165, 1.54) is 11.3 Å². The lowest BCUT2D eigenvalue weighted by Crippen LogP contribution is -2.32. The summed E-state index contributed by atoms with van der Waals surface area (Å²) in [6.45, 7) is 1.92. The van der Waals surface area contributed by atoms with Gasteiger partial charge in [0.15, 0.2) is 11.2 Å². The number of para-hydroxylation sites is 1. The van der Waals surface area contributed by atoms with E-state index in [2.05, 4.69) is 10.3 Å². The van der Waals surface area contributed by atoms with Crippen molar-refractivity contribution < 1.29 is 9.53 Å². The summed E-state index contributed by atoms with van der Waals surface area (Å²) in [5.41, 5.74) is 1.88. The number of nitrogens with one attached hydrogen (secondary N) is 1. The molecule has 1 heterocycles. The smallest absolute Gasteiger partial charge is 0.267 e. The molecule has 122 valence electrons. The van der Waals surface area contributed by atoms with Gasteiger partial charge in [0.2, 0.25) is 0 Å². The third-order valence-corrected chi connectivity index (χ3v) is 4.25. The molecule has 3 aromatic rings. The topological polar surface area (TPSA) is 51.2 Å². The monoisotopic (exact) mass is 338 g/mol. The molecule has 1 unspecified atom stereocenters. The highest BCUT2D eigenvalue weighted by atomic mass is 32.1. The molecule has 1 atom stereocenters. The Bertz CT molecular complexity index is 787. The van der Waals surface area contributed by atoms with Gasteiger partial charge in [0.1, 0.15) is 5.75 Å².